The van der Waals surface area contributed by atoms with Crippen LogP contribution in [0, 0.1) is 17.1 Å². The number of nitrogens with two attached hydrogens (primary N) is 1. The smallest absolute Gasteiger partial charge is 0.123 e. The Morgan fingerprint density at radius 1 is 1.37 bits per heavy atom. The topological polar surface area (TPSA) is 53.1 Å². The fraction of sp³-hybridized carbons (Fsp3) is 0.533. The van der Waals surface area contributed by atoms with Gasteiger partial charge in [0.1, 0.15) is 11.7 Å². The highest BCUT2D eigenvalue weighted by molar-refractivity contribution is 5.96. The Morgan fingerprint density at radius 3 is 2.53 bits per heavy atom. The van der Waals surface area contributed by atoms with Crippen molar-refractivity contribution in [1.29, 1.82) is 5.41 Å². The van der Waals surface area contributed by atoms with Crippen LogP contribution in [-0.4, -0.2) is 23.8 Å². The van der Waals surface area contributed by atoms with Gasteiger partial charge in [-0.05, 0) is 44.0 Å². The van der Waals surface area contributed by atoms with Crippen molar-refractivity contribution in [3.05, 3.63) is 35.1 Å². The maximum Gasteiger partial charge on any atom is 0.123 e. The highest BCUT2D eigenvalue weighted by Crippen LogP contribution is 2.16. The van der Waals surface area contributed by atoms with Gasteiger partial charge in [-0.1, -0.05) is 19.9 Å². The number of nitrogens with zero attached hydrogens (tertiary/aromatic N) is 1. The lowest BCUT2D eigenvalue weighted by atomic mass is 10.0. The summed E-state index contributed by atoms with van der Waals surface area (Å²) in [6.45, 7) is 7.24. The Morgan fingerprint density at radius 2 is 2.00 bits per heavy atom. The molecule has 19 heavy (non-hydrogen) atoms. The zero-order valence-electron chi connectivity index (χ0n) is 12.2. The Hall–Kier alpha value is -1.42. The summed E-state index contributed by atoms with van der Waals surface area (Å²) in [6, 6.07) is 4.90. The third-order valence-corrected chi connectivity index (χ3v) is 3.35. The van der Waals surface area contributed by atoms with Crippen LogP contribution in [0.1, 0.15) is 38.3 Å². The van der Waals surface area contributed by atoms with Crippen molar-refractivity contribution in [3.8, 4) is 0 Å². The van der Waals surface area contributed by atoms with Crippen LogP contribution in [-0.2, 0) is 6.54 Å². The van der Waals surface area contributed by atoms with E-state index in [1.54, 1.807) is 6.07 Å². The first-order chi connectivity index (χ1) is 8.81. The second-order valence-corrected chi connectivity index (χ2v) is 5.61. The van der Waals surface area contributed by atoms with Crippen LogP contribution in [0.4, 0.5) is 4.39 Å². The van der Waals surface area contributed by atoms with Crippen molar-refractivity contribution in [2.75, 3.05) is 7.05 Å². The minimum Gasteiger partial charge on any atom is -0.384 e. The number of halogens is 1. The molecule has 0 aliphatic rings. The van der Waals surface area contributed by atoms with Crippen molar-refractivity contribution in [2.24, 2.45) is 11.7 Å². The molecule has 0 fully saturated rings. The van der Waals surface area contributed by atoms with Gasteiger partial charge in [0.15, 0.2) is 0 Å². The van der Waals surface area contributed by atoms with Crippen molar-refractivity contribution in [3.63, 3.8) is 0 Å². The van der Waals surface area contributed by atoms with Crippen LogP contribution in [0.2, 0.25) is 0 Å². The summed E-state index contributed by atoms with van der Waals surface area (Å²) in [4.78, 5) is 2.21. The van der Waals surface area contributed by atoms with Crippen LogP contribution >= 0.6 is 0 Å². The van der Waals surface area contributed by atoms with E-state index < -0.39 is 0 Å². The van der Waals surface area contributed by atoms with E-state index in [9.17, 15) is 4.39 Å². The van der Waals surface area contributed by atoms with Gasteiger partial charge < -0.3 is 5.73 Å². The van der Waals surface area contributed by atoms with Crippen LogP contribution in [0.25, 0.3) is 0 Å². The quantitative estimate of drug-likeness (QED) is 0.613. The molecule has 3 nitrogen and oxygen atoms in total. The van der Waals surface area contributed by atoms with Gasteiger partial charge in [-0.25, -0.2) is 4.39 Å². The molecule has 3 N–H and O–H groups in total. The molecule has 1 rings (SSSR count). The maximum absolute atomic E-state index is 13.2. The normalized spacial score (nSPS) is 13.0. The summed E-state index contributed by atoms with van der Waals surface area (Å²) in [6.07, 6.45) is 1.10. The zero-order chi connectivity index (χ0) is 14.6. The summed E-state index contributed by atoms with van der Waals surface area (Å²) in [7, 11) is 2.04. The Kier molecular flexibility index (Phi) is 5.48. The van der Waals surface area contributed by atoms with Gasteiger partial charge in [0.2, 0.25) is 0 Å². The summed E-state index contributed by atoms with van der Waals surface area (Å²) in [5.74, 6) is 0.198. The van der Waals surface area contributed by atoms with E-state index in [1.807, 2.05) is 7.05 Å². The van der Waals surface area contributed by atoms with Crippen LogP contribution < -0.4 is 5.73 Å². The average Bonchev–Trinajstić information content (AvgIpc) is 2.30. The molecule has 0 aromatic heterocycles. The van der Waals surface area contributed by atoms with Gasteiger partial charge in [0, 0.05) is 18.2 Å². The molecule has 1 aromatic rings. The first-order valence-electron chi connectivity index (χ1n) is 6.64. The monoisotopic (exact) mass is 265 g/mol. The van der Waals surface area contributed by atoms with Gasteiger partial charge in [0.25, 0.3) is 0 Å². The number of amidine groups is 1. The highest BCUT2D eigenvalue weighted by Gasteiger charge is 2.14. The van der Waals surface area contributed by atoms with Crippen molar-refractivity contribution < 1.29 is 4.39 Å². The SMILES string of the molecule is CC(C)CC(C)N(C)Cc1ccc(F)cc1C(=N)N. The number of benzene rings is 1. The standard InChI is InChI=1S/C15H24FN3/c1-10(2)7-11(3)19(4)9-12-5-6-13(16)8-14(12)15(17)18/h5-6,8,10-11H,7,9H2,1-4H3,(H3,17,18). The number of nitrogens with one attached hydrogen (secondary N) is 1. The lowest BCUT2D eigenvalue weighted by molar-refractivity contribution is 0.220. The molecule has 4 heteroatoms. The molecule has 106 valence electrons. The minimum absolute atomic E-state index is 0.0839. The second-order valence-electron chi connectivity index (χ2n) is 5.61. The number of hydrogen-bond acceptors (Lipinski definition) is 2. The lowest BCUT2D eigenvalue weighted by Gasteiger charge is -2.27. The van der Waals surface area contributed by atoms with E-state index in [4.69, 9.17) is 11.1 Å². The molecular weight excluding hydrogens is 241 g/mol. The van der Waals surface area contributed by atoms with Gasteiger partial charge in [-0.15, -0.1) is 0 Å². The number of rotatable bonds is 6. The number of hydrogen-bond donors (Lipinski definition) is 2. The van der Waals surface area contributed by atoms with Crippen molar-refractivity contribution in [1.82, 2.24) is 4.90 Å². The Balaban J connectivity index is 2.84. The molecule has 0 amide bonds. The summed E-state index contributed by atoms with van der Waals surface area (Å²) in [5, 5.41) is 7.53. The molecule has 0 spiro atoms. The first-order valence-corrected chi connectivity index (χ1v) is 6.64. The van der Waals surface area contributed by atoms with Crippen molar-refractivity contribution >= 4 is 5.84 Å². The molecule has 0 saturated heterocycles. The first kappa shape index (κ1) is 15.6. The molecule has 1 atom stereocenters. The number of nitrogen functional groups attached to an aromatic ring is 1. The van der Waals surface area contributed by atoms with Crippen LogP contribution in [0.15, 0.2) is 18.2 Å². The Bertz CT molecular complexity index is 443. The molecular formula is C15H24FN3. The van der Waals surface area contributed by atoms with E-state index in [0.717, 1.165) is 12.0 Å². The van der Waals surface area contributed by atoms with Gasteiger partial charge in [0.05, 0.1) is 0 Å². The van der Waals surface area contributed by atoms with E-state index in [2.05, 4.69) is 25.7 Å². The van der Waals surface area contributed by atoms with Gasteiger partial charge >= 0.3 is 0 Å². The average molecular weight is 265 g/mol. The Labute approximate surface area is 115 Å². The predicted molar refractivity (Wildman–Crippen MR) is 77.8 cm³/mol. The fourth-order valence-electron chi connectivity index (χ4n) is 2.22. The van der Waals surface area contributed by atoms with E-state index in [1.165, 1.54) is 12.1 Å². The molecule has 0 heterocycles. The molecule has 0 radical (unpaired) electrons. The lowest BCUT2D eigenvalue weighted by Crippen LogP contribution is -2.30. The van der Waals surface area contributed by atoms with Crippen LogP contribution in [0.5, 0.6) is 0 Å². The molecule has 0 bridgehead atoms. The highest BCUT2D eigenvalue weighted by atomic mass is 19.1. The summed E-state index contributed by atoms with van der Waals surface area (Å²) < 4.78 is 13.2. The third-order valence-electron chi connectivity index (χ3n) is 3.35. The summed E-state index contributed by atoms with van der Waals surface area (Å²) in [5.41, 5.74) is 6.90. The fourth-order valence-corrected chi connectivity index (χ4v) is 2.22. The molecule has 0 aliphatic carbocycles. The zero-order valence-corrected chi connectivity index (χ0v) is 12.2. The van der Waals surface area contributed by atoms with Crippen LogP contribution in [0.3, 0.4) is 0 Å². The second kappa shape index (κ2) is 6.66. The maximum atomic E-state index is 13.2. The largest absolute Gasteiger partial charge is 0.384 e. The predicted octanol–water partition coefficient (Wildman–Crippen LogP) is 2.98. The van der Waals surface area contributed by atoms with E-state index in [-0.39, 0.29) is 11.7 Å². The van der Waals surface area contributed by atoms with E-state index >= 15 is 0 Å². The van der Waals surface area contributed by atoms with E-state index in [0.29, 0.717) is 24.1 Å². The molecule has 0 saturated carbocycles. The minimum atomic E-state index is -0.355. The van der Waals surface area contributed by atoms with Gasteiger partial charge in [-0.3, -0.25) is 10.3 Å². The summed E-state index contributed by atoms with van der Waals surface area (Å²) >= 11 is 0. The van der Waals surface area contributed by atoms with Crippen molar-refractivity contribution in [2.45, 2.75) is 39.8 Å². The van der Waals surface area contributed by atoms with Gasteiger partial charge in [-0.2, -0.15) is 0 Å². The third kappa shape index (κ3) is 4.63. The molecule has 1 aromatic carbocycles. The molecule has 1 unspecified atom stereocenters. The molecule has 0 aliphatic heterocycles.